The van der Waals surface area contributed by atoms with Crippen molar-refractivity contribution >= 4 is 5.91 Å². The Morgan fingerprint density at radius 1 is 1.23 bits per heavy atom. The third kappa shape index (κ3) is 3.27. The summed E-state index contributed by atoms with van der Waals surface area (Å²) in [4.78, 5) is 15.3. The highest BCUT2D eigenvalue weighted by molar-refractivity contribution is 5.84. The fraction of sp³-hybridized carbons (Fsp3) is 0.667. The molecule has 1 amide bonds. The molecule has 4 rings (SSSR count). The molecule has 0 spiro atoms. The van der Waals surface area contributed by atoms with Gasteiger partial charge in [0.05, 0.1) is 24.7 Å². The van der Waals surface area contributed by atoms with Gasteiger partial charge in [-0.25, -0.2) is 4.39 Å². The molecular weight excluding hydrogens is 331 g/mol. The van der Waals surface area contributed by atoms with Crippen molar-refractivity contribution in [2.45, 2.75) is 44.6 Å². The quantitative estimate of drug-likeness (QED) is 0.846. The molecule has 1 saturated heterocycles. The Morgan fingerprint density at radius 3 is 2.54 bits per heavy atom. The van der Waals surface area contributed by atoms with Gasteiger partial charge in [0.15, 0.2) is 0 Å². The van der Waals surface area contributed by atoms with Crippen LogP contribution in [0, 0.1) is 17.2 Å². The van der Waals surface area contributed by atoms with Crippen molar-refractivity contribution < 1.29 is 13.9 Å². The van der Waals surface area contributed by atoms with Crippen LogP contribution in [0.2, 0.25) is 0 Å². The number of nitrogens with one attached hydrogen (secondary N) is 1. The van der Waals surface area contributed by atoms with E-state index in [-0.39, 0.29) is 23.2 Å². The summed E-state index contributed by atoms with van der Waals surface area (Å²) in [5.74, 6) is 0.560. The van der Waals surface area contributed by atoms with E-state index in [4.69, 9.17) is 4.74 Å². The number of amides is 1. The second-order valence-corrected chi connectivity index (χ2v) is 8.03. The monoisotopic (exact) mass is 360 g/mol. The topological polar surface area (TPSA) is 41.6 Å². The first kappa shape index (κ1) is 17.9. The summed E-state index contributed by atoms with van der Waals surface area (Å²) in [7, 11) is 0. The summed E-state index contributed by atoms with van der Waals surface area (Å²) in [6.45, 7) is 3.31. The highest BCUT2D eigenvalue weighted by atomic mass is 19.1. The summed E-state index contributed by atoms with van der Waals surface area (Å²) in [6, 6.07) is 6.80. The van der Waals surface area contributed by atoms with Crippen LogP contribution >= 0.6 is 0 Å². The fourth-order valence-corrected chi connectivity index (χ4v) is 4.77. The molecule has 0 aromatic heterocycles. The van der Waals surface area contributed by atoms with Gasteiger partial charge in [0, 0.05) is 25.2 Å². The second kappa shape index (κ2) is 7.65. The van der Waals surface area contributed by atoms with E-state index in [0.717, 1.165) is 32.4 Å². The first-order valence-electron chi connectivity index (χ1n) is 10.1. The number of carbonyl (C=O) groups excluding carboxylic acids is 1. The van der Waals surface area contributed by atoms with Crippen LogP contribution in [0.4, 0.5) is 4.39 Å². The van der Waals surface area contributed by atoms with Gasteiger partial charge in [0.25, 0.3) is 0 Å². The number of hydrogen-bond acceptors (Lipinski definition) is 3. The minimum atomic E-state index is -0.199. The van der Waals surface area contributed by atoms with Gasteiger partial charge in [0.2, 0.25) is 5.91 Å². The number of halogens is 1. The predicted molar refractivity (Wildman–Crippen MR) is 98.2 cm³/mol. The zero-order valence-corrected chi connectivity index (χ0v) is 15.4. The standard InChI is InChI=1S/C21H29FN2O2/c22-18-8-2-1-7-17(18)19(24-11-13-26-14-12-24)15-23-20(25)21(9-4-10-21)16-5-3-6-16/h1-2,7-8,16,19H,3-6,9-15H2,(H,23,25). The smallest absolute Gasteiger partial charge is 0.226 e. The van der Waals surface area contributed by atoms with Crippen molar-refractivity contribution in [2.24, 2.45) is 11.3 Å². The minimum absolute atomic E-state index is 0.136. The first-order chi connectivity index (χ1) is 12.7. The molecule has 2 aliphatic carbocycles. The average Bonchev–Trinajstić information content (AvgIpc) is 2.58. The molecule has 1 aromatic rings. The van der Waals surface area contributed by atoms with Gasteiger partial charge in [0.1, 0.15) is 5.82 Å². The maximum Gasteiger partial charge on any atom is 0.226 e. The molecule has 1 atom stereocenters. The van der Waals surface area contributed by atoms with Gasteiger partial charge in [-0.3, -0.25) is 9.69 Å². The molecule has 1 aliphatic heterocycles. The van der Waals surface area contributed by atoms with Crippen molar-refractivity contribution in [3.63, 3.8) is 0 Å². The normalized spacial score (nSPS) is 24.3. The van der Waals surface area contributed by atoms with E-state index in [2.05, 4.69) is 10.2 Å². The molecule has 0 bridgehead atoms. The summed E-state index contributed by atoms with van der Waals surface area (Å²) in [5, 5.41) is 3.21. The Hall–Kier alpha value is -1.46. The predicted octanol–water partition coefficient (Wildman–Crippen LogP) is 3.29. The highest BCUT2D eigenvalue weighted by Crippen LogP contribution is 2.54. The number of benzene rings is 1. The van der Waals surface area contributed by atoms with Crippen molar-refractivity contribution in [1.29, 1.82) is 0 Å². The summed E-state index contributed by atoms with van der Waals surface area (Å²) in [6.07, 6.45) is 6.83. The molecule has 3 aliphatic rings. The van der Waals surface area contributed by atoms with Gasteiger partial charge < -0.3 is 10.1 Å². The Labute approximate surface area is 155 Å². The van der Waals surface area contributed by atoms with Crippen molar-refractivity contribution in [2.75, 3.05) is 32.8 Å². The van der Waals surface area contributed by atoms with E-state index in [1.807, 2.05) is 12.1 Å². The van der Waals surface area contributed by atoms with Gasteiger partial charge in [-0.05, 0) is 37.7 Å². The SMILES string of the molecule is O=C(NCC(c1ccccc1F)N1CCOCC1)C1(C2CCC2)CCC1. The van der Waals surface area contributed by atoms with E-state index in [9.17, 15) is 9.18 Å². The van der Waals surface area contributed by atoms with E-state index in [1.165, 1.54) is 25.3 Å². The maximum absolute atomic E-state index is 14.5. The van der Waals surface area contributed by atoms with Gasteiger partial charge >= 0.3 is 0 Å². The Bertz CT molecular complexity index is 637. The molecule has 5 heteroatoms. The van der Waals surface area contributed by atoms with Gasteiger partial charge in [-0.1, -0.05) is 31.0 Å². The number of carbonyl (C=O) groups is 1. The van der Waals surface area contributed by atoms with E-state index < -0.39 is 0 Å². The summed E-state index contributed by atoms with van der Waals surface area (Å²) in [5.41, 5.74) is 0.532. The van der Waals surface area contributed by atoms with Crippen molar-refractivity contribution in [3.8, 4) is 0 Å². The number of hydrogen-bond donors (Lipinski definition) is 1. The largest absolute Gasteiger partial charge is 0.379 e. The number of morpholine rings is 1. The molecule has 4 nitrogen and oxygen atoms in total. The lowest BCUT2D eigenvalue weighted by Crippen LogP contribution is -2.54. The Kier molecular flexibility index (Phi) is 5.28. The molecule has 1 aromatic carbocycles. The fourth-order valence-electron chi connectivity index (χ4n) is 4.77. The van der Waals surface area contributed by atoms with Crippen LogP contribution in [-0.2, 0) is 9.53 Å². The number of rotatable bonds is 6. The van der Waals surface area contributed by atoms with E-state index >= 15 is 0 Å². The lowest BCUT2D eigenvalue weighted by molar-refractivity contribution is -0.144. The molecule has 142 valence electrons. The molecule has 3 fully saturated rings. The van der Waals surface area contributed by atoms with Crippen LogP contribution in [-0.4, -0.2) is 43.7 Å². The van der Waals surface area contributed by atoms with Gasteiger partial charge in [-0.15, -0.1) is 0 Å². The molecule has 1 heterocycles. The zero-order chi connectivity index (χ0) is 18.0. The summed E-state index contributed by atoms with van der Waals surface area (Å²) >= 11 is 0. The van der Waals surface area contributed by atoms with Crippen molar-refractivity contribution in [1.82, 2.24) is 10.2 Å². The van der Waals surface area contributed by atoms with Gasteiger partial charge in [-0.2, -0.15) is 0 Å². The van der Waals surface area contributed by atoms with Crippen LogP contribution in [0.25, 0.3) is 0 Å². The molecule has 1 unspecified atom stereocenters. The van der Waals surface area contributed by atoms with Crippen LogP contribution in [0.5, 0.6) is 0 Å². The summed E-state index contributed by atoms with van der Waals surface area (Å²) < 4.78 is 19.9. The molecule has 1 N–H and O–H groups in total. The average molecular weight is 360 g/mol. The number of nitrogens with zero attached hydrogens (tertiary/aromatic N) is 1. The second-order valence-electron chi connectivity index (χ2n) is 8.03. The lowest BCUT2D eigenvalue weighted by atomic mass is 9.54. The lowest BCUT2D eigenvalue weighted by Gasteiger charge is -2.50. The van der Waals surface area contributed by atoms with Crippen LogP contribution < -0.4 is 5.32 Å². The Morgan fingerprint density at radius 2 is 1.96 bits per heavy atom. The first-order valence-corrected chi connectivity index (χ1v) is 10.1. The minimum Gasteiger partial charge on any atom is -0.379 e. The van der Waals surface area contributed by atoms with E-state index in [0.29, 0.717) is 31.2 Å². The molecular formula is C21H29FN2O2. The van der Waals surface area contributed by atoms with Crippen molar-refractivity contribution in [3.05, 3.63) is 35.6 Å². The molecule has 0 radical (unpaired) electrons. The zero-order valence-electron chi connectivity index (χ0n) is 15.4. The number of ether oxygens (including phenoxy) is 1. The van der Waals surface area contributed by atoms with E-state index in [1.54, 1.807) is 6.07 Å². The van der Waals surface area contributed by atoms with Crippen LogP contribution in [0.1, 0.15) is 50.1 Å². The van der Waals surface area contributed by atoms with Crippen LogP contribution in [0.3, 0.4) is 0 Å². The Balaban J connectivity index is 1.48. The highest BCUT2D eigenvalue weighted by Gasteiger charge is 2.51. The third-order valence-electron chi connectivity index (χ3n) is 6.79. The molecule has 26 heavy (non-hydrogen) atoms. The molecule has 2 saturated carbocycles. The third-order valence-corrected chi connectivity index (χ3v) is 6.79. The maximum atomic E-state index is 14.5. The van der Waals surface area contributed by atoms with Crippen LogP contribution in [0.15, 0.2) is 24.3 Å².